The van der Waals surface area contributed by atoms with Gasteiger partial charge in [0.25, 0.3) is 0 Å². The van der Waals surface area contributed by atoms with Crippen LogP contribution in [-0.2, 0) is 16.0 Å². The molecule has 2 N–H and O–H groups in total. The van der Waals surface area contributed by atoms with E-state index in [1.165, 1.54) is 11.3 Å². The number of unbranched alkanes of at least 4 members (excludes halogenated alkanes) is 1. The van der Waals surface area contributed by atoms with Gasteiger partial charge in [0.15, 0.2) is 5.96 Å². The monoisotopic (exact) mass is 492 g/mol. The molecule has 0 amide bonds. The molecule has 0 heterocycles. The number of halogens is 1. The second kappa shape index (κ2) is 17.1. The molecule has 156 valence electrons. The topological polar surface area (TPSA) is 58.1 Å². The largest absolute Gasteiger partial charge is 0.379 e. The first-order valence-corrected chi connectivity index (χ1v) is 9.61. The molecule has 7 heteroatoms. The molecule has 0 aliphatic heterocycles. The lowest BCUT2D eigenvalue weighted by molar-refractivity contribution is 0.0487. The van der Waals surface area contributed by atoms with Gasteiger partial charge in [-0.1, -0.05) is 25.5 Å². The number of nitrogens with zero attached hydrogens (tertiary/aromatic N) is 2. The average molecular weight is 492 g/mol. The van der Waals surface area contributed by atoms with Crippen molar-refractivity contribution in [3.63, 3.8) is 0 Å². The van der Waals surface area contributed by atoms with Crippen molar-refractivity contribution in [2.45, 2.75) is 33.2 Å². The van der Waals surface area contributed by atoms with E-state index in [1.807, 2.05) is 14.1 Å². The smallest absolute Gasteiger partial charge is 0.191 e. The Kier molecular flexibility index (Phi) is 16.4. The Hall–Kier alpha value is -1.06. The van der Waals surface area contributed by atoms with E-state index in [1.54, 1.807) is 0 Å². The van der Waals surface area contributed by atoms with Crippen LogP contribution >= 0.6 is 24.0 Å². The van der Waals surface area contributed by atoms with Crippen LogP contribution < -0.4 is 15.5 Å². The number of anilines is 1. The van der Waals surface area contributed by atoms with Crippen LogP contribution in [0.15, 0.2) is 29.3 Å². The lowest BCUT2D eigenvalue weighted by Crippen LogP contribution is -2.39. The number of hydrogen-bond donors (Lipinski definition) is 2. The number of hydrogen-bond acceptors (Lipinski definition) is 4. The molecule has 1 aromatic rings. The number of benzene rings is 1. The fourth-order valence-corrected chi connectivity index (χ4v) is 2.26. The van der Waals surface area contributed by atoms with Crippen molar-refractivity contribution >= 4 is 35.6 Å². The zero-order valence-corrected chi connectivity index (χ0v) is 19.6. The van der Waals surface area contributed by atoms with Crippen molar-refractivity contribution in [1.82, 2.24) is 10.6 Å². The molecule has 27 heavy (non-hydrogen) atoms. The lowest BCUT2D eigenvalue weighted by atomic mass is 10.2. The van der Waals surface area contributed by atoms with Crippen LogP contribution in [0.3, 0.4) is 0 Å². The van der Waals surface area contributed by atoms with Gasteiger partial charge in [-0.3, -0.25) is 0 Å². The summed E-state index contributed by atoms with van der Waals surface area (Å²) in [7, 11) is 4.09. The molecule has 0 fully saturated rings. The second-order valence-corrected chi connectivity index (χ2v) is 6.26. The standard InChI is InChI=1S/C20H36N4O2.HI/c1-5-7-12-25-14-15-26-13-11-22-20(21-6-2)23-17-18-9-8-10-19(16-18)24(3)4;/h8-10,16H,5-7,11-15,17H2,1-4H3,(H2,21,22,23);1H. The molecule has 0 bridgehead atoms. The van der Waals surface area contributed by atoms with Crippen LogP contribution in [0.2, 0.25) is 0 Å². The van der Waals surface area contributed by atoms with Crippen LogP contribution in [0.25, 0.3) is 0 Å². The number of nitrogens with one attached hydrogen (secondary N) is 2. The van der Waals surface area contributed by atoms with Crippen LogP contribution in [-0.4, -0.2) is 59.6 Å². The number of aliphatic imine (C=N–C) groups is 1. The molecular formula is C20H37IN4O2. The highest BCUT2D eigenvalue weighted by molar-refractivity contribution is 14.0. The number of guanidine groups is 1. The van der Waals surface area contributed by atoms with E-state index in [4.69, 9.17) is 9.47 Å². The maximum absolute atomic E-state index is 5.57. The number of rotatable bonds is 13. The van der Waals surface area contributed by atoms with Gasteiger partial charge in [-0.2, -0.15) is 0 Å². The fraction of sp³-hybridized carbons (Fsp3) is 0.650. The zero-order valence-electron chi connectivity index (χ0n) is 17.3. The molecule has 1 aromatic carbocycles. The van der Waals surface area contributed by atoms with Crippen LogP contribution in [0.1, 0.15) is 32.3 Å². The predicted octanol–water partition coefficient (Wildman–Crippen LogP) is 3.26. The highest BCUT2D eigenvalue weighted by atomic mass is 127. The molecule has 0 saturated carbocycles. The molecule has 0 aromatic heterocycles. The summed E-state index contributed by atoms with van der Waals surface area (Å²) in [5.41, 5.74) is 2.37. The van der Waals surface area contributed by atoms with Gasteiger partial charge < -0.3 is 25.0 Å². The molecule has 0 atom stereocenters. The molecule has 0 aliphatic rings. The van der Waals surface area contributed by atoms with Gasteiger partial charge in [0, 0.05) is 39.5 Å². The minimum absolute atomic E-state index is 0. The van der Waals surface area contributed by atoms with Gasteiger partial charge >= 0.3 is 0 Å². The van der Waals surface area contributed by atoms with E-state index in [2.05, 4.69) is 58.6 Å². The van der Waals surface area contributed by atoms with Gasteiger partial charge in [-0.15, -0.1) is 24.0 Å². The molecule has 0 unspecified atom stereocenters. The van der Waals surface area contributed by atoms with Crippen molar-refractivity contribution in [1.29, 1.82) is 0 Å². The first-order chi connectivity index (χ1) is 12.7. The first kappa shape index (κ1) is 25.9. The summed E-state index contributed by atoms with van der Waals surface area (Å²) in [4.78, 5) is 6.74. The summed E-state index contributed by atoms with van der Waals surface area (Å²) in [5, 5.41) is 6.57. The summed E-state index contributed by atoms with van der Waals surface area (Å²) in [5.74, 6) is 0.811. The Balaban J connectivity index is 0.00000676. The average Bonchev–Trinajstić information content (AvgIpc) is 2.65. The van der Waals surface area contributed by atoms with E-state index >= 15 is 0 Å². The lowest BCUT2D eigenvalue weighted by Gasteiger charge is -2.14. The third-order valence-electron chi connectivity index (χ3n) is 3.74. The third kappa shape index (κ3) is 12.9. The van der Waals surface area contributed by atoms with E-state index in [0.29, 0.717) is 26.4 Å². The molecule has 0 radical (unpaired) electrons. The highest BCUT2D eigenvalue weighted by Crippen LogP contribution is 2.13. The Labute approximate surface area is 182 Å². The maximum Gasteiger partial charge on any atom is 0.191 e. The summed E-state index contributed by atoms with van der Waals surface area (Å²) in [6.45, 7) is 9.17. The summed E-state index contributed by atoms with van der Waals surface area (Å²) >= 11 is 0. The Morgan fingerprint density at radius 2 is 1.78 bits per heavy atom. The quantitative estimate of drug-likeness (QED) is 0.192. The second-order valence-electron chi connectivity index (χ2n) is 6.26. The molecular weight excluding hydrogens is 455 g/mol. The summed E-state index contributed by atoms with van der Waals surface area (Å²) in [6, 6.07) is 8.42. The predicted molar refractivity (Wildman–Crippen MR) is 126 cm³/mol. The first-order valence-electron chi connectivity index (χ1n) is 9.61. The van der Waals surface area contributed by atoms with E-state index < -0.39 is 0 Å². The molecule has 6 nitrogen and oxygen atoms in total. The summed E-state index contributed by atoms with van der Waals surface area (Å²) in [6.07, 6.45) is 2.28. The van der Waals surface area contributed by atoms with Crippen molar-refractivity contribution in [3.05, 3.63) is 29.8 Å². The fourth-order valence-electron chi connectivity index (χ4n) is 2.26. The normalized spacial score (nSPS) is 11.0. The third-order valence-corrected chi connectivity index (χ3v) is 3.74. The van der Waals surface area contributed by atoms with Crippen molar-refractivity contribution < 1.29 is 9.47 Å². The molecule has 0 spiro atoms. The van der Waals surface area contributed by atoms with E-state index in [0.717, 1.165) is 38.5 Å². The van der Waals surface area contributed by atoms with E-state index in [-0.39, 0.29) is 24.0 Å². The SMILES string of the molecule is CCCCOCCOCCNC(=NCc1cccc(N(C)C)c1)NCC.I. The summed E-state index contributed by atoms with van der Waals surface area (Å²) < 4.78 is 11.0. The van der Waals surface area contributed by atoms with E-state index in [9.17, 15) is 0 Å². The highest BCUT2D eigenvalue weighted by Gasteiger charge is 2.00. The van der Waals surface area contributed by atoms with Crippen LogP contribution in [0.5, 0.6) is 0 Å². The molecule has 0 aliphatic carbocycles. The number of ether oxygens (including phenoxy) is 2. The van der Waals surface area contributed by atoms with Crippen molar-refractivity contribution in [2.75, 3.05) is 58.5 Å². The van der Waals surface area contributed by atoms with Gasteiger partial charge in [0.05, 0.1) is 26.4 Å². The Morgan fingerprint density at radius 1 is 1.04 bits per heavy atom. The maximum atomic E-state index is 5.57. The van der Waals surface area contributed by atoms with Crippen LogP contribution in [0.4, 0.5) is 5.69 Å². The van der Waals surface area contributed by atoms with Crippen molar-refractivity contribution in [2.24, 2.45) is 4.99 Å². The Morgan fingerprint density at radius 3 is 2.44 bits per heavy atom. The Bertz CT molecular complexity index is 513. The molecule has 1 rings (SSSR count). The molecule has 0 saturated heterocycles. The minimum Gasteiger partial charge on any atom is -0.379 e. The van der Waals surface area contributed by atoms with Crippen LogP contribution in [0, 0.1) is 0 Å². The van der Waals surface area contributed by atoms with Crippen molar-refractivity contribution in [3.8, 4) is 0 Å². The van der Waals surface area contributed by atoms with Gasteiger partial charge in [0.1, 0.15) is 0 Å². The van der Waals surface area contributed by atoms with Gasteiger partial charge in [0.2, 0.25) is 0 Å². The van der Waals surface area contributed by atoms with Gasteiger partial charge in [-0.05, 0) is 31.0 Å². The zero-order chi connectivity index (χ0) is 19.0. The minimum atomic E-state index is 0. The van der Waals surface area contributed by atoms with Gasteiger partial charge in [-0.25, -0.2) is 4.99 Å².